The number of esters is 1. The highest BCUT2D eigenvalue weighted by Gasteiger charge is 2.29. The molecule has 252 valence electrons. The number of nitrogens with one attached hydrogen (secondary N) is 4. The van der Waals surface area contributed by atoms with Gasteiger partial charge >= 0.3 is 5.97 Å². The summed E-state index contributed by atoms with van der Waals surface area (Å²) in [5.74, 6) is -3.96. The zero-order chi connectivity index (χ0) is 34.4. The molecule has 3 atom stereocenters. The van der Waals surface area contributed by atoms with E-state index < -0.39 is 59.5 Å². The molecule has 1 heterocycles. The minimum Gasteiger partial charge on any atom is -0.465 e. The molecular formula is C32H45N5O9. The molecule has 6 amide bonds. The zero-order valence-corrected chi connectivity index (χ0v) is 27.0. The van der Waals surface area contributed by atoms with E-state index in [-0.39, 0.29) is 57.3 Å². The monoisotopic (exact) mass is 643 g/mol. The minimum atomic E-state index is -1.16. The third-order valence-electron chi connectivity index (χ3n) is 6.83. The number of aliphatic hydroxyl groups excluding tert-OH is 1. The molecule has 14 nitrogen and oxygen atoms in total. The maximum atomic E-state index is 13.2. The van der Waals surface area contributed by atoms with Gasteiger partial charge in [0, 0.05) is 37.2 Å². The summed E-state index contributed by atoms with van der Waals surface area (Å²) >= 11 is 0. The number of rotatable bonds is 18. The van der Waals surface area contributed by atoms with Gasteiger partial charge in [0.25, 0.3) is 11.8 Å². The van der Waals surface area contributed by atoms with E-state index in [1.54, 1.807) is 24.3 Å². The van der Waals surface area contributed by atoms with Gasteiger partial charge in [-0.3, -0.25) is 38.5 Å². The standard InChI is InChI=1S/C32H45N5O9/c1-19(2)16-25(35-26(39)14-15-37-27(40)11-12-28(37)41)32(45)33-21(5)30(43)36-24(10-13-29(42)46-18-20(3)4)31(44)34-23-8-6-22(17-38)7-9-23/h6-9,11-12,19-21,24-25,38H,10,13-18H2,1-5H3,(H,33,45)(H,34,44)(H,35,39)(H,36,43)/t21-,24-,25+/m0/s1. The molecule has 0 aromatic heterocycles. The Morgan fingerprint density at radius 2 is 1.41 bits per heavy atom. The largest absolute Gasteiger partial charge is 0.465 e. The van der Waals surface area contributed by atoms with Gasteiger partial charge in [-0.2, -0.15) is 0 Å². The van der Waals surface area contributed by atoms with E-state index >= 15 is 0 Å². The predicted molar refractivity (Wildman–Crippen MR) is 167 cm³/mol. The van der Waals surface area contributed by atoms with Crippen LogP contribution in [0, 0.1) is 11.8 Å². The average molecular weight is 644 g/mol. The van der Waals surface area contributed by atoms with Gasteiger partial charge in [0.2, 0.25) is 23.6 Å². The fourth-order valence-electron chi connectivity index (χ4n) is 4.30. The fourth-order valence-corrected chi connectivity index (χ4v) is 4.30. The van der Waals surface area contributed by atoms with Crippen molar-refractivity contribution >= 4 is 47.1 Å². The number of amides is 6. The first-order valence-corrected chi connectivity index (χ1v) is 15.3. The van der Waals surface area contributed by atoms with Crippen LogP contribution >= 0.6 is 0 Å². The van der Waals surface area contributed by atoms with Gasteiger partial charge in [0.1, 0.15) is 18.1 Å². The first-order valence-electron chi connectivity index (χ1n) is 15.3. The molecule has 0 bridgehead atoms. The first-order chi connectivity index (χ1) is 21.7. The van der Waals surface area contributed by atoms with Gasteiger partial charge in [-0.15, -0.1) is 0 Å². The van der Waals surface area contributed by atoms with E-state index in [4.69, 9.17) is 4.74 Å². The molecule has 0 aliphatic carbocycles. The zero-order valence-electron chi connectivity index (χ0n) is 27.0. The number of nitrogens with zero attached hydrogens (tertiary/aromatic N) is 1. The Hall–Kier alpha value is -4.59. The van der Waals surface area contributed by atoms with Gasteiger partial charge in [-0.25, -0.2) is 0 Å². The van der Waals surface area contributed by atoms with Gasteiger partial charge in [-0.05, 0) is 49.3 Å². The van der Waals surface area contributed by atoms with Crippen LogP contribution in [0.1, 0.15) is 65.9 Å². The van der Waals surface area contributed by atoms with Crippen molar-refractivity contribution in [2.75, 3.05) is 18.5 Å². The highest BCUT2D eigenvalue weighted by atomic mass is 16.5. The van der Waals surface area contributed by atoms with Crippen molar-refractivity contribution in [1.29, 1.82) is 0 Å². The highest BCUT2D eigenvalue weighted by Crippen LogP contribution is 2.12. The Bertz CT molecular complexity index is 1280. The van der Waals surface area contributed by atoms with Crippen LogP contribution in [0.25, 0.3) is 0 Å². The number of ether oxygens (including phenoxy) is 1. The molecule has 46 heavy (non-hydrogen) atoms. The quantitative estimate of drug-likeness (QED) is 0.114. The number of carbonyl (C=O) groups excluding carboxylic acids is 7. The lowest BCUT2D eigenvalue weighted by Gasteiger charge is -2.24. The normalized spacial score (nSPS) is 14.6. The summed E-state index contributed by atoms with van der Waals surface area (Å²) in [4.78, 5) is 88.8. The summed E-state index contributed by atoms with van der Waals surface area (Å²) < 4.78 is 5.19. The number of hydrogen-bond donors (Lipinski definition) is 5. The molecule has 0 saturated heterocycles. The first kappa shape index (κ1) is 37.6. The second-order valence-corrected chi connectivity index (χ2v) is 11.9. The summed E-state index contributed by atoms with van der Waals surface area (Å²) in [6.07, 6.45) is 2.03. The molecule has 1 aromatic rings. The molecule has 1 aromatic carbocycles. The van der Waals surface area contributed by atoms with E-state index in [1.165, 1.54) is 6.92 Å². The van der Waals surface area contributed by atoms with Gasteiger partial charge < -0.3 is 31.1 Å². The van der Waals surface area contributed by atoms with Crippen LogP contribution in [0.5, 0.6) is 0 Å². The second-order valence-electron chi connectivity index (χ2n) is 11.9. The summed E-state index contributed by atoms with van der Waals surface area (Å²) in [5.41, 5.74) is 1.05. The minimum absolute atomic E-state index is 0.0129. The van der Waals surface area contributed by atoms with E-state index in [0.717, 1.165) is 17.1 Å². The van der Waals surface area contributed by atoms with Crippen molar-refractivity contribution in [2.24, 2.45) is 11.8 Å². The van der Waals surface area contributed by atoms with Crippen LogP contribution in [-0.4, -0.2) is 82.7 Å². The third-order valence-corrected chi connectivity index (χ3v) is 6.83. The number of anilines is 1. The van der Waals surface area contributed by atoms with Crippen LogP contribution in [0.15, 0.2) is 36.4 Å². The van der Waals surface area contributed by atoms with E-state index in [0.29, 0.717) is 11.3 Å². The second kappa shape index (κ2) is 18.4. The Labute approximate surface area is 268 Å². The lowest BCUT2D eigenvalue weighted by atomic mass is 10.0. The summed E-state index contributed by atoms with van der Waals surface area (Å²) in [7, 11) is 0. The van der Waals surface area contributed by atoms with Gasteiger partial charge in [-0.1, -0.05) is 39.8 Å². The smallest absolute Gasteiger partial charge is 0.305 e. The van der Waals surface area contributed by atoms with Crippen molar-refractivity contribution in [2.45, 2.75) is 85.0 Å². The Kier molecular flexibility index (Phi) is 15.0. The molecule has 1 aliphatic heterocycles. The molecule has 2 rings (SSSR count). The van der Waals surface area contributed by atoms with Crippen LogP contribution in [0.3, 0.4) is 0 Å². The molecular weight excluding hydrogens is 598 g/mol. The molecule has 0 saturated carbocycles. The van der Waals surface area contributed by atoms with Crippen molar-refractivity contribution in [3.8, 4) is 0 Å². The molecule has 0 fully saturated rings. The van der Waals surface area contributed by atoms with Crippen molar-refractivity contribution in [1.82, 2.24) is 20.9 Å². The molecule has 1 aliphatic rings. The van der Waals surface area contributed by atoms with Gasteiger partial charge in [0.15, 0.2) is 0 Å². The molecule has 0 radical (unpaired) electrons. The van der Waals surface area contributed by atoms with E-state index in [2.05, 4.69) is 21.3 Å². The molecule has 5 N–H and O–H groups in total. The van der Waals surface area contributed by atoms with E-state index in [1.807, 2.05) is 27.7 Å². The van der Waals surface area contributed by atoms with Crippen LogP contribution in [0.4, 0.5) is 5.69 Å². The maximum Gasteiger partial charge on any atom is 0.305 e. The SMILES string of the molecule is CC(C)COC(=O)CC[C@H](NC(=O)[C@H](C)NC(=O)[C@@H](CC(C)C)NC(=O)CCN1C(=O)C=CC1=O)C(=O)Nc1ccc(CO)cc1. The average Bonchev–Trinajstić information content (AvgIpc) is 3.32. The Balaban J connectivity index is 2.05. The van der Waals surface area contributed by atoms with Crippen molar-refractivity contribution in [3.63, 3.8) is 0 Å². The molecule has 0 spiro atoms. The summed E-state index contributed by atoms with van der Waals surface area (Å²) in [6, 6.07) is 3.12. The topological polar surface area (TPSA) is 200 Å². The maximum absolute atomic E-state index is 13.2. The Morgan fingerprint density at radius 3 is 1.98 bits per heavy atom. The molecule has 14 heteroatoms. The van der Waals surface area contributed by atoms with Crippen molar-refractivity contribution < 1.29 is 43.4 Å². The van der Waals surface area contributed by atoms with E-state index in [9.17, 15) is 38.7 Å². The number of aliphatic hydroxyl groups is 1. The van der Waals surface area contributed by atoms with Crippen LogP contribution in [-0.2, 0) is 44.9 Å². The summed E-state index contributed by atoms with van der Waals surface area (Å²) in [6.45, 7) is 8.77. The van der Waals surface area contributed by atoms with Crippen LogP contribution < -0.4 is 21.3 Å². The van der Waals surface area contributed by atoms with Gasteiger partial charge in [0.05, 0.1) is 13.2 Å². The van der Waals surface area contributed by atoms with Crippen LogP contribution in [0.2, 0.25) is 0 Å². The lowest BCUT2D eigenvalue weighted by molar-refractivity contribution is -0.145. The molecule has 0 unspecified atom stereocenters. The Morgan fingerprint density at radius 1 is 0.783 bits per heavy atom. The highest BCUT2D eigenvalue weighted by molar-refractivity contribution is 6.13. The fraction of sp³-hybridized carbons (Fsp3) is 0.531. The summed E-state index contributed by atoms with van der Waals surface area (Å²) in [5, 5.41) is 19.7. The number of hydrogen-bond acceptors (Lipinski definition) is 9. The number of imide groups is 1. The number of carbonyl (C=O) groups is 7. The lowest BCUT2D eigenvalue weighted by Crippen LogP contribution is -2.55. The number of benzene rings is 1. The van der Waals surface area contributed by atoms with Crippen molar-refractivity contribution in [3.05, 3.63) is 42.0 Å². The predicted octanol–water partition coefficient (Wildman–Crippen LogP) is 0.932. The third kappa shape index (κ3) is 12.8.